The summed E-state index contributed by atoms with van der Waals surface area (Å²) in [6, 6.07) is 29.4. The fourth-order valence-electron chi connectivity index (χ4n) is 4.57. The Labute approximate surface area is 214 Å². The lowest BCUT2D eigenvalue weighted by Crippen LogP contribution is -2.46. The van der Waals surface area contributed by atoms with Crippen molar-refractivity contribution in [2.75, 3.05) is 37.7 Å². The molecule has 0 saturated carbocycles. The number of rotatable bonds is 8. The van der Waals surface area contributed by atoms with Gasteiger partial charge in [-0.15, -0.1) is 0 Å². The molecule has 0 atom stereocenters. The molecule has 5 heteroatoms. The quantitative estimate of drug-likeness (QED) is 0.297. The number of H-pyrrole nitrogens is 1. The van der Waals surface area contributed by atoms with Crippen molar-refractivity contribution >= 4 is 5.69 Å². The second-order valence-corrected chi connectivity index (χ2v) is 9.49. The third-order valence-electron chi connectivity index (χ3n) is 6.53. The van der Waals surface area contributed by atoms with Crippen LogP contribution in [0, 0.1) is 0 Å². The van der Waals surface area contributed by atoms with Crippen molar-refractivity contribution in [2.45, 2.75) is 20.4 Å². The summed E-state index contributed by atoms with van der Waals surface area (Å²) in [7, 11) is 0. The zero-order valence-electron chi connectivity index (χ0n) is 21.2. The highest BCUT2D eigenvalue weighted by molar-refractivity contribution is 5.78. The van der Waals surface area contributed by atoms with Crippen LogP contribution >= 0.6 is 0 Å². The summed E-state index contributed by atoms with van der Waals surface area (Å²) in [5.41, 5.74) is 6.88. The molecule has 5 rings (SSSR count). The topological polar surface area (TPSA) is 44.4 Å². The minimum atomic E-state index is 0.610. The van der Waals surface area contributed by atoms with Crippen LogP contribution in [0.5, 0.6) is 5.75 Å². The maximum atomic E-state index is 5.91. The van der Waals surface area contributed by atoms with Crippen LogP contribution in [0.4, 0.5) is 5.69 Å². The molecule has 1 aromatic heterocycles. The molecule has 2 heterocycles. The van der Waals surface area contributed by atoms with Crippen LogP contribution in [0.3, 0.4) is 0 Å². The Bertz CT molecular complexity index is 1230. The van der Waals surface area contributed by atoms with E-state index < -0.39 is 0 Å². The monoisotopic (exact) mass is 478 g/mol. The molecule has 0 aliphatic carbocycles. The molecule has 0 unspecified atom stereocenters. The first-order chi connectivity index (χ1) is 17.7. The third kappa shape index (κ3) is 5.86. The van der Waals surface area contributed by atoms with Crippen LogP contribution in [0.25, 0.3) is 22.5 Å². The Morgan fingerprint density at radius 1 is 0.861 bits per heavy atom. The summed E-state index contributed by atoms with van der Waals surface area (Å²) in [6.07, 6.45) is 2.10. The molecule has 5 nitrogen and oxygen atoms in total. The number of imidazole rings is 1. The number of benzene rings is 3. The van der Waals surface area contributed by atoms with Crippen LogP contribution in [0.2, 0.25) is 0 Å². The Morgan fingerprint density at radius 3 is 2.25 bits per heavy atom. The SMILES string of the molecule is CC(C)=CCOc1cccc(N2CCN(Cc3nc(-c4ccccc4)c(-c4ccccc4)[nH]3)CC2)c1. The van der Waals surface area contributed by atoms with Crippen molar-refractivity contribution in [1.82, 2.24) is 14.9 Å². The van der Waals surface area contributed by atoms with E-state index >= 15 is 0 Å². The van der Waals surface area contributed by atoms with Crippen LogP contribution in [0.1, 0.15) is 19.7 Å². The van der Waals surface area contributed by atoms with Crippen LogP contribution in [0.15, 0.2) is 96.6 Å². The number of aromatic amines is 1. The summed E-state index contributed by atoms with van der Waals surface area (Å²) in [6.45, 7) is 9.55. The van der Waals surface area contributed by atoms with E-state index in [1.54, 1.807) is 0 Å². The molecule has 0 bridgehead atoms. The lowest BCUT2D eigenvalue weighted by Gasteiger charge is -2.35. The number of piperazine rings is 1. The largest absolute Gasteiger partial charge is 0.489 e. The highest BCUT2D eigenvalue weighted by Gasteiger charge is 2.20. The maximum Gasteiger partial charge on any atom is 0.121 e. The third-order valence-corrected chi connectivity index (χ3v) is 6.53. The van der Waals surface area contributed by atoms with Crippen molar-refractivity contribution in [2.24, 2.45) is 0 Å². The van der Waals surface area contributed by atoms with Gasteiger partial charge < -0.3 is 14.6 Å². The minimum Gasteiger partial charge on any atom is -0.489 e. The molecule has 0 amide bonds. The molecule has 1 saturated heterocycles. The van der Waals surface area contributed by atoms with E-state index in [0.29, 0.717) is 6.61 Å². The number of ether oxygens (including phenoxy) is 1. The van der Waals surface area contributed by atoms with Crippen LogP contribution in [-0.4, -0.2) is 47.7 Å². The Balaban J connectivity index is 1.25. The normalized spacial score (nSPS) is 14.0. The lowest BCUT2D eigenvalue weighted by atomic mass is 10.1. The summed E-state index contributed by atoms with van der Waals surface area (Å²) in [4.78, 5) is 13.6. The number of anilines is 1. The number of allylic oxidation sites excluding steroid dienone is 1. The number of nitrogens with zero attached hydrogens (tertiary/aromatic N) is 3. The molecular weight excluding hydrogens is 444 g/mol. The smallest absolute Gasteiger partial charge is 0.121 e. The second-order valence-electron chi connectivity index (χ2n) is 9.49. The van der Waals surface area contributed by atoms with Gasteiger partial charge in [-0.25, -0.2) is 4.98 Å². The van der Waals surface area contributed by atoms with Gasteiger partial charge in [0.05, 0.1) is 17.9 Å². The van der Waals surface area contributed by atoms with Gasteiger partial charge >= 0.3 is 0 Å². The molecular formula is C31H34N4O. The zero-order valence-corrected chi connectivity index (χ0v) is 21.2. The van der Waals surface area contributed by atoms with Gasteiger partial charge in [0.1, 0.15) is 18.2 Å². The number of aromatic nitrogens is 2. The van der Waals surface area contributed by atoms with Crippen LogP contribution < -0.4 is 9.64 Å². The highest BCUT2D eigenvalue weighted by atomic mass is 16.5. The van der Waals surface area contributed by atoms with E-state index in [0.717, 1.165) is 66.8 Å². The number of hydrogen-bond donors (Lipinski definition) is 1. The van der Waals surface area contributed by atoms with Gasteiger partial charge in [-0.1, -0.05) is 72.3 Å². The molecule has 1 fully saturated rings. The summed E-state index contributed by atoms with van der Waals surface area (Å²) in [5, 5.41) is 0. The van der Waals surface area contributed by atoms with Crippen molar-refractivity contribution in [3.63, 3.8) is 0 Å². The Hall–Kier alpha value is -3.83. The van der Waals surface area contributed by atoms with E-state index in [4.69, 9.17) is 9.72 Å². The molecule has 1 N–H and O–H groups in total. The van der Waals surface area contributed by atoms with Gasteiger partial charge in [-0.3, -0.25) is 4.90 Å². The highest BCUT2D eigenvalue weighted by Crippen LogP contribution is 2.30. The van der Waals surface area contributed by atoms with Gasteiger partial charge in [0.25, 0.3) is 0 Å². The molecule has 4 aromatic rings. The van der Waals surface area contributed by atoms with E-state index in [2.05, 4.69) is 101 Å². The lowest BCUT2D eigenvalue weighted by molar-refractivity contribution is 0.244. The van der Waals surface area contributed by atoms with E-state index in [1.807, 2.05) is 18.2 Å². The van der Waals surface area contributed by atoms with E-state index in [1.165, 1.54) is 11.3 Å². The molecule has 0 radical (unpaired) electrons. The van der Waals surface area contributed by atoms with Gasteiger partial charge in [0, 0.05) is 49.1 Å². The van der Waals surface area contributed by atoms with Gasteiger partial charge in [0.15, 0.2) is 0 Å². The zero-order chi connectivity index (χ0) is 24.7. The van der Waals surface area contributed by atoms with Gasteiger partial charge in [0.2, 0.25) is 0 Å². The molecule has 3 aromatic carbocycles. The average Bonchev–Trinajstić information content (AvgIpc) is 3.34. The molecule has 0 spiro atoms. The fraction of sp³-hybridized carbons (Fsp3) is 0.258. The second kappa shape index (κ2) is 11.3. The summed E-state index contributed by atoms with van der Waals surface area (Å²) in [5.74, 6) is 1.93. The predicted molar refractivity (Wildman–Crippen MR) is 148 cm³/mol. The summed E-state index contributed by atoms with van der Waals surface area (Å²) < 4.78 is 5.91. The first kappa shape index (κ1) is 23.9. The van der Waals surface area contributed by atoms with E-state index in [-0.39, 0.29) is 0 Å². The average molecular weight is 479 g/mol. The standard InChI is InChI=1S/C31H34N4O/c1-24(2)16-21-36-28-15-9-14-27(22-28)35-19-17-34(18-20-35)23-29-32-30(25-10-5-3-6-11-25)31(33-29)26-12-7-4-8-13-26/h3-16,22H,17-21,23H2,1-2H3,(H,32,33). The molecule has 36 heavy (non-hydrogen) atoms. The van der Waals surface area contributed by atoms with Crippen molar-refractivity contribution < 1.29 is 4.74 Å². The van der Waals surface area contributed by atoms with Gasteiger partial charge in [-0.05, 0) is 32.1 Å². The predicted octanol–water partition coefficient (Wildman–Crippen LogP) is 6.41. The van der Waals surface area contributed by atoms with Crippen molar-refractivity contribution in [3.8, 4) is 28.3 Å². The summed E-state index contributed by atoms with van der Waals surface area (Å²) >= 11 is 0. The molecule has 1 aliphatic rings. The fourth-order valence-corrected chi connectivity index (χ4v) is 4.57. The molecule has 184 valence electrons. The minimum absolute atomic E-state index is 0.610. The molecule has 1 aliphatic heterocycles. The van der Waals surface area contributed by atoms with E-state index in [9.17, 15) is 0 Å². The number of nitrogens with one attached hydrogen (secondary N) is 1. The number of hydrogen-bond acceptors (Lipinski definition) is 4. The Kier molecular flexibility index (Phi) is 7.48. The van der Waals surface area contributed by atoms with Gasteiger partial charge in [-0.2, -0.15) is 0 Å². The Morgan fingerprint density at radius 2 is 1.56 bits per heavy atom. The maximum absolute atomic E-state index is 5.91. The first-order valence-electron chi connectivity index (χ1n) is 12.7. The van der Waals surface area contributed by atoms with Crippen molar-refractivity contribution in [3.05, 3.63) is 102 Å². The first-order valence-corrected chi connectivity index (χ1v) is 12.7. The van der Waals surface area contributed by atoms with Crippen LogP contribution in [-0.2, 0) is 6.54 Å². The van der Waals surface area contributed by atoms with Crippen molar-refractivity contribution in [1.29, 1.82) is 0 Å².